The Balaban J connectivity index is 0.000000280. The van der Waals surface area contributed by atoms with E-state index in [4.69, 9.17) is 20.4 Å². The van der Waals surface area contributed by atoms with Crippen molar-refractivity contribution in [1.82, 2.24) is 0 Å². The first-order chi connectivity index (χ1) is 13.2. The van der Waals surface area contributed by atoms with Crippen LogP contribution in [0.5, 0.6) is 0 Å². The molecule has 0 saturated carbocycles. The normalized spacial score (nSPS) is 9.71. The molecule has 0 saturated heterocycles. The molecular weight excluding hydrogens is 368 g/mol. The molecule has 0 atom stereocenters. The van der Waals surface area contributed by atoms with Crippen molar-refractivity contribution in [3.8, 4) is 0 Å². The van der Waals surface area contributed by atoms with Crippen molar-refractivity contribution in [3.63, 3.8) is 0 Å². The van der Waals surface area contributed by atoms with Gasteiger partial charge in [-0.2, -0.15) is 0 Å². The largest absolute Gasteiger partial charge is 0.481 e. The summed E-state index contributed by atoms with van der Waals surface area (Å²) in [5.74, 6) is -3.57. The molecule has 2 aromatic carbocycles. The number of carbonyl (C=O) groups is 4. The van der Waals surface area contributed by atoms with Gasteiger partial charge in [0.15, 0.2) is 0 Å². The summed E-state index contributed by atoms with van der Waals surface area (Å²) in [4.78, 5) is 41.3. The predicted molar refractivity (Wildman–Crippen MR) is 98.2 cm³/mol. The van der Waals surface area contributed by atoms with E-state index >= 15 is 0 Å². The highest BCUT2D eigenvalue weighted by molar-refractivity contribution is 5.72. The molecule has 8 heteroatoms. The summed E-state index contributed by atoms with van der Waals surface area (Å²) in [5, 5.41) is 34.0. The van der Waals surface area contributed by atoms with E-state index < -0.39 is 23.9 Å². The average Bonchev–Trinajstić information content (AvgIpc) is 2.57. The number of hydrogen-bond acceptors (Lipinski definition) is 4. The second-order valence-electron chi connectivity index (χ2n) is 5.92. The van der Waals surface area contributed by atoms with Crippen LogP contribution in [0.25, 0.3) is 0 Å². The number of carboxylic acids is 4. The Kier molecular flexibility index (Phi) is 8.88. The summed E-state index contributed by atoms with van der Waals surface area (Å²) in [7, 11) is 0. The van der Waals surface area contributed by atoms with Gasteiger partial charge < -0.3 is 20.4 Å². The van der Waals surface area contributed by atoms with Crippen LogP contribution in [-0.2, 0) is 44.9 Å². The highest BCUT2D eigenvalue weighted by Gasteiger charge is 2.03. The van der Waals surface area contributed by atoms with Gasteiger partial charge >= 0.3 is 23.9 Å². The molecule has 0 bridgehead atoms. The van der Waals surface area contributed by atoms with E-state index in [9.17, 15) is 19.2 Å². The molecule has 2 aromatic rings. The first-order valence-corrected chi connectivity index (χ1v) is 8.18. The summed E-state index contributed by atoms with van der Waals surface area (Å²) < 4.78 is 0. The summed E-state index contributed by atoms with van der Waals surface area (Å²) in [5.41, 5.74) is 2.69. The fourth-order valence-corrected chi connectivity index (χ4v) is 2.25. The topological polar surface area (TPSA) is 149 Å². The zero-order valence-electron chi connectivity index (χ0n) is 14.9. The highest BCUT2D eigenvalue weighted by atomic mass is 16.4. The second-order valence-corrected chi connectivity index (χ2v) is 5.92. The van der Waals surface area contributed by atoms with Crippen LogP contribution in [0.3, 0.4) is 0 Å². The number of benzene rings is 2. The predicted octanol–water partition coefficient (Wildman–Crippen LogP) is 1.88. The molecule has 0 radical (unpaired) electrons. The van der Waals surface area contributed by atoms with Crippen LogP contribution in [0.1, 0.15) is 22.3 Å². The van der Waals surface area contributed by atoms with Gasteiger partial charge in [0.2, 0.25) is 0 Å². The number of rotatable bonds is 8. The SMILES string of the molecule is O=C(O)Cc1ccc(CC(=O)O)cc1.O=C(O)Cc1ccc(CC(=O)O)cc1. The molecule has 8 nitrogen and oxygen atoms in total. The Hall–Kier alpha value is -3.68. The van der Waals surface area contributed by atoms with Gasteiger partial charge in [0.25, 0.3) is 0 Å². The molecule has 0 amide bonds. The Bertz CT molecular complexity index is 681. The third-order valence-electron chi connectivity index (χ3n) is 3.47. The maximum atomic E-state index is 10.3. The van der Waals surface area contributed by atoms with Gasteiger partial charge in [-0.15, -0.1) is 0 Å². The Morgan fingerprint density at radius 2 is 0.571 bits per heavy atom. The monoisotopic (exact) mass is 388 g/mol. The van der Waals surface area contributed by atoms with Crippen LogP contribution in [0.15, 0.2) is 48.5 Å². The second kappa shape index (κ2) is 11.1. The number of aliphatic carboxylic acids is 4. The molecule has 28 heavy (non-hydrogen) atoms. The van der Waals surface area contributed by atoms with Crippen LogP contribution in [0, 0.1) is 0 Å². The quantitative estimate of drug-likeness (QED) is 0.535. The molecule has 148 valence electrons. The van der Waals surface area contributed by atoms with Crippen LogP contribution in [0.2, 0.25) is 0 Å². The number of carboxylic acid groups (broad SMARTS) is 4. The van der Waals surface area contributed by atoms with Crippen LogP contribution < -0.4 is 0 Å². The van der Waals surface area contributed by atoms with E-state index in [2.05, 4.69) is 0 Å². The van der Waals surface area contributed by atoms with Crippen molar-refractivity contribution in [2.45, 2.75) is 25.7 Å². The van der Waals surface area contributed by atoms with E-state index in [0.717, 1.165) is 0 Å². The molecule has 4 N–H and O–H groups in total. The minimum Gasteiger partial charge on any atom is -0.481 e. The van der Waals surface area contributed by atoms with Crippen molar-refractivity contribution in [1.29, 1.82) is 0 Å². The third-order valence-corrected chi connectivity index (χ3v) is 3.47. The molecule has 0 aliphatic heterocycles. The maximum absolute atomic E-state index is 10.3. The number of hydrogen-bond donors (Lipinski definition) is 4. The maximum Gasteiger partial charge on any atom is 0.307 e. The average molecular weight is 388 g/mol. The van der Waals surface area contributed by atoms with E-state index in [-0.39, 0.29) is 25.7 Å². The fourth-order valence-electron chi connectivity index (χ4n) is 2.25. The van der Waals surface area contributed by atoms with Gasteiger partial charge in [-0.1, -0.05) is 48.5 Å². The molecule has 0 aliphatic rings. The van der Waals surface area contributed by atoms with Crippen molar-refractivity contribution in [2.75, 3.05) is 0 Å². The smallest absolute Gasteiger partial charge is 0.307 e. The lowest BCUT2D eigenvalue weighted by molar-refractivity contribution is -0.137. The van der Waals surface area contributed by atoms with Crippen molar-refractivity contribution >= 4 is 23.9 Å². The van der Waals surface area contributed by atoms with Gasteiger partial charge in [-0.3, -0.25) is 19.2 Å². The summed E-state index contributed by atoms with van der Waals surface area (Å²) in [6.45, 7) is 0. The zero-order valence-corrected chi connectivity index (χ0v) is 14.9. The van der Waals surface area contributed by atoms with Crippen molar-refractivity contribution < 1.29 is 39.6 Å². The van der Waals surface area contributed by atoms with E-state index in [1.165, 1.54) is 0 Å². The van der Waals surface area contributed by atoms with Crippen LogP contribution in [0.4, 0.5) is 0 Å². The van der Waals surface area contributed by atoms with Crippen LogP contribution in [-0.4, -0.2) is 44.3 Å². The molecule has 2 rings (SSSR count). The Morgan fingerprint density at radius 3 is 0.679 bits per heavy atom. The Labute approximate surface area is 160 Å². The summed E-state index contributed by atoms with van der Waals surface area (Å²) in [6.07, 6.45) is -0.137. The van der Waals surface area contributed by atoms with Gasteiger partial charge in [-0.25, -0.2) is 0 Å². The van der Waals surface area contributed by atoms with E-state index in [0.29, 0.717) is 22.3 Å². The van der Waals surface area contributed by atoms with Gasteiger partial charge in [0.05, 0.1) is 25.7 Å². The third kappa shape index (κ3) is 9.71. The lowest BCUT2D eigenvalue weighted by Crippen LogP contribution is -2.02. The lowest BCUT2D eigenvalue weighted by Gasteiger charge is -1.99. The minimum absolute atomic E-state index is 0.0344. The molecule has 0 spiro atoms. The lowest BCUT2D eigenvalue weighted by atomic mass is 10.1. The molecule has 0 heterocycles. The molecule has 0 aliphatic carbocycles. The first-order valence-electron chi connectivity index (χ1n) is 8.18. The first kappa shape index (κ1) is 22.4. The van der Waals surface area contributed by atoms with E-state index in [1.54, 1.807) is 48.5 Å². The molecule has 0 unspecified atom stereocenters. The van der Waals surface area contributed by atoms with Gasteiger partial charge in [0.1, 0.15) is 0 Å². The highest BCUT2D eigenvalue weighted by Crippen LogP contribution is 2.07. The Morgan fingerprint density at radius 1 is 0.429 bits per heavy atom. The van der Waals surface area contributed by atoms with Gasteiger partial charge in [0, 0.05) is 0 Å². The molecule has 0 fully saturated rings. The summed E-state index contributed by atoms with van der Waals surface area (Å²) >= 11 is 0. The fraction of sp³-hybridized carbons (Fsp3) is 0.200. The zero-order chi connectivity index (χ0) is 21.1. The van der Waals surface area contributed by atoms with Crippen molar-refractivity contribution in [2.24, 2.45) is 0 Å². The summed E-state index contributed by atoms with van der Waals surface area (Å²) in [6, 6.07) is 13.1. The molecule has 0 aromatic heterocycles. The van der Waals surface area contributed by atoms with Gasteiger partial charge in [-0.05, 0) is 22.3 Å². The minimum atomic E-state index is -0.893. The van der Waals surface area contributed by atoms with Crippen molar-refractivity contribution in [3.05, 3.63) is 70.8 Å². The molecular formula is C20H20O8. The van der Waals surface area contributed by atoms with Crippen LogP contribution >= 0.6 is 0 Å². The van der Waals surface area contributed by atoms with E-state index in [1.807, 2.05) is 0 Å². The standard InChI is InChI=1S/2C10H10O4/c2*11-9(12)5-7-1-2-8(4-3-7)6-10(13)14/h2*1-4H,5-6H2,(H,11,12)(H,13,14).